The molecule has 39 heavy (non-hydrogen) atoms. The lowest BCUT2D eigenvalue weighted by Gasteiger charge is -2.30. The average molecular weight is 548 g/mol. The van der Waals surface area contributed by atoms with Crippen LogP contribution < -0.4 is 15.0 Å². The van der Waals surface area contributed by atoms with Gasteiger partial charge in [0.25, 0.3) is 11.1 Å². The van der Waals surface area contributed by atoms with Crippen molar-refractivity contribution in [1.82, 2.24) is 4.90 Å². The van der Waals surface area contributed by atoms with Crippen molar-refractivity contribution >= 4 is 46.3 Å². The highest BCUT2D eigenvalue weighted by Gasteiger charge is 2.36. The van der Waals surface area contributed by atoms with Crippen LogP contribution in [0.15, 0.2) is 77.7 Å². The molecule has 8 nitrogen and oxygen atoms in total. The van der Waals surface area contributed by atoms with Gasteiger partial charge in [-0.15, -0.1) is 0 Å². The van der Waals surface area contributed by atoms with Gasteiger partial charge in [0, 0.05) is 13.1 Å². The summed E-state index contributed by atoms with van der Waals surface area (Å²) in [6, 6.07) is 20.5. The summed E-state index contributed by atoms with van der Waals surface area (Å²) in [4.78, 5) is 41.6. The van der Waals surface area contributed by atoms with E-state index in [4.69, 9.17) is 9.47 Å². The maximum Gasteiger partial charge on any atom is 0.294 e. The molecular formula is C29H26FN3O5S. The Balaban J connectivity index is 1.19. The third-order valence-corrected chi connectivity index (χ3v) is 7.11. The summed E-state index contributed by atoms with van der Waals surface area (Å²) in [7, 11) is 0. The van der Waals surface area contributed by atoms with Gasteiger partial charge in [-0.05, 0) is 65.4 Å². The molecule has 2 aliphatic heterocycles. The summed E-state index contributed by atoms with van der Waals surface area (Å²) in [6.45, 7) is 2.55. The second-order valence-electron chi connectivity index (χ2n) is 8.92. The summed E-state index contributed by atoms with van der Waals surface area (Å²) in [5, 5.41) is 2.35. The molecule has 0 bridgehead atoms. The van der Waals surface area contributed by atoms with Crippen molar-refractivity contribution in [3.05, 3.63) is 94.6 Å². The number of rotatable bonds is 8. The van der Waals surface area contributed by atoms with Gasteiger partial charge in [-0.2, -0.15) is 0 Å². The van der Waals surface area contributed by atoms with Crippen LogP contribution >= 0.6 is 11.8 Å². The predicted molar refractivity (Wildman–Crippen MR) is 148 cm³/mol. The first-order valence-electron chi connectivity index (χ1n) is 12.4. The molecule has 0 spiro atoms. The number of halogens is 1. The van der Waals surface area contributed by atoms with Gasteiger partial charge < -0.3 is 19.7 Å². The summed E-state index contributed by atoms with van der Waals surface area (Å²) < 4.78 is 24.2. The Morgan fingerprint density at radius 1 is 1.00 bits per heavy atom. The fourth-order valence-electron chi connectivity index (χ4n) is 4.19. The van der Waals surface area contributed by atoms with Gasteiger partial charge in [0.15, 0.2) is 0 Å². The minimum Gasteiger partial charge on any atom is -0.489 e. The van der Waals surface area contributed by atoms with E-state index in [-0.39, 0.29) is 23.9 Å². The standard InChI is InChI=1S/C29H26FN3O5S/c30-22-9-5-21(6-10-22)19-38-23-11-7-20(8-12-23)17-26-28(35)33(29(36)39-26)18-27(34)31-24-3-1-2-4-25(24)32-13-15-37-16-14-32/h1-12,17H,13-16,18-19H2,(H,31,34)/b26-17-. The van der Waals surface area contributed by atoms with E-state index in [2.05, 4.69) is 10.2 Å². The molecule has 3 amide bonds. The maximum atomic E-state index is 13.0. The molecule has 0 aliphatic carbocycles. The number of hydrogen-bond acceptors (Lipinski definition) is 7. The van der Waals surface area contributed by atoms with Gasteiger partial charge in [0.05, 0.1) is 29.5 Å². The van der Waals surface area contributed by atoms with Crippen molar-refractivity contribution in [3.63, 3.8) is 0 Å². The first kappa shape index (κ1) is 26.5. The van der Waals surface area contributed by atoms with Crippen molar-refractivity contribution in [2.24, 2.45) is 0 Å². The molecule has 2 saturated heterocycles. The van der Waals surface area contributed by atoms with Gasteiger partial charge in [-0.25, -0.2) is 4.39 Å². The lowest BCUT2D eigenvalue weighted by atomic mass is 10.2. The fourth-order valence-corrected chi connectivity index (χ4v) is 5.03. The Labute approximate surface area is 229 Å². The van der Waals surface area contributed by atoms with Crippen molar-refractivity contribution in [2.75, 3.05) is 43.1 Å². The minimum atomic E-state index is -0.516. The van der Waals surface area contributed by atoms with Crippen LogP contribution in [0, 0.1) is 5.82 Å². The van der Waals surface area contributed by atoms with Crippen LogP contribution in [-0.4, -0.2) is 54.8 Å². The largest absolute Gasteiger partial charge is 0.489 e. The quantitative estimate of drug-likeness (QED) is 0.401. The Morgan fingerprint density at radius 2 is 1.72 bits per heavy atom. The first-order valence-corrected chi connectivity index (χ1v) is 13.2. The van der Waals surface area contributed by atoms with Crippen LogP contribution in [-0.2, 0) is 20.9 Å². The Hall–Kier alpha value is -4.15. The van der Waals surface area contributed by atoms with Crippen LogP contribution in [0.4, 0.5) is 20.6 Å². The molecule has 5 rings (SSSR count). The number of amides is 3. The molecule has 2 heterocycles. The summed E-state index contributed by atoms with van der Waals surface area (Å²) in [5.74, 6) is -0.666. The van der Waals surface area contributed by atoms with Crippen LogP contribution in [0.3, 0.4) is 0 Å². The van der Waals surface area contributed by atoms with E-state index in [0.717, 1.165) is 27.9 Å². The molecule has 10 heteroatoms. The zero-order valence-corrected chi connectivity index (χ0v) is 21.8. The Morgan fingerprint density at radius 3 is 2.46 bits per heavy atom. The molecule has 200 valence electrons. The fraction of sp³-hybridized carbons (Fsp3) is 0.207. The number of ether oxygens (including phenoxy) is 2. The predicted octanol–water partition coefficient (Wildman–Crippen LogP) is 4.92. The highest BCUT2D eigenvalue weighted by Crippen LogP contribution is 2.33. The van der Waals surface area contributed by atoms with Crippen molar-refractivity contribution in [2.45, 2.75) is 6.61 Å². The molecule has 2 fully saturated rings. The van der Waals surface area contributed by atoms with E-state index in [1.807, 2.05) is 18.2 Å². The zero-order chi connectivity index (χ0) is 27.2. The second kappa shape index (κ2) is 12.1. The van der Waals surface area contributed by atoms with Gasteiger partial charge in [0.1, 0.15) is 24.7 Å². The van der Waals surface area contributed by atoms with Gasteiger partial charge in [-0.3, -0.25) is 19.3 Å². The van der Waals surface area contributed by atoms with Crippen LogP contribution in [0.2, 0.25) is 0 Å². The van der Waals surface area contributed by atoms with E-state index >= 15 is 0 Å². The molecule has 2 aliphatic rings. The zero-order valence-electron chi connectivity index (χ0n) is 21.0. The minimum absolute atomic E-state index is 0.237. The maximum absolute atomic E-state index is 13.0. The normalized spacial score (nSPS) is 16.6. The number of nitrogens with one attached hydrogen (secondary N) is 1. The molecule has 0 radical (unpaired) electrons. The number of nitrogens with zero attached hydrogens (tertiary/aromatic N) is 2. The van der Waals surface area contributed by atoms with Gasteiger partial charge >= 0.3 is 0 Å². The van der Waals surface area contributed by atoms with E-state index in [1.165, 1.54) is 12.1 Å². The number of thioether (sulfide) groups is 1. The second-order valence-corrected chi connectivity index (χ2v) is 9.91. The van der Waals surface area contributed by atoms with E-state index in [0.29, 0.717) is 43.3 Å². The monoisotopic (exact) mass is 547 g/mol. The third-order valence-electron chi connectivity index (χ3n) is 6.20. The average Bonchev–Trinajstić information content (AvgIpc) is 3.21. The molecule has 3 aromatic rings. The van der Waals surface area contributed by atoms with Gasteiger partial charge in [0.2, 0.25) is 5.91 Å². The molecule has 0 unspecified atom stereocenters. The van der Waals surface area contributed by atoms with Crippen LogP contribution in [0.5, 0.6) is 5.75 Å². The van der Waals surface area contributed by atoms with Crippen molar-refractivity contribution in [1.29, 1.82) is 0 Å². The number of carbonyl (C=O) groups excluding carboxylic acids is 3. The molecule has 1 N–H and O–H groups in total. The number of carbonyl (C=O) groups is 3. The van der Waals surface area contributed by atoms with E-state index in [1.54, 1.807) is 48.5 Å². The SMILES string of the molecule is O=C(CN1C(=O)S/C(=C\c2ccc(OCc3ccc(F)cc3)cc2)C1=O)Nc1ccccc1N1CCOCC1. The highest BCUT2D eigenvalue weighted by molar-refractivity contribution is 8.18. The Bertz CT molecular complexity index is 1390. The van der Waals surface area contributed by atoms with Crippen LogP contribution in [0.25, 0.3) is 6.08 Å². The van der Waals surface area contributed by atoms with E-state index in [9.17, 15) is 18.8 Å². The number of benzene rings is 3. The molecule has 0 atom stereocenters. The topological polar surface area (TPSA) is 88.2 Å². The molecule has 3 aromatic carbocycles. The number of anilines is 2. The number of imide groups is 1. The molecular weight excluding hydrogens is 521 g/mol. The van der Waals surface area contributed by atoms with Crippen molar-refractivity contribution < 1.29 is 28.2 Å². The lowest BCUT2D eigenvalue weighted by molar-refractivity contribution is -0.127. The third kappa shape index (κ3) is 6.65. The van der Waals surface area contributed by atoms with E-state index < -0.39 is 17.1 Å². The summed E-state index contributed by atoms with van der Waals surface area (Å²) in [6.07, 6.45) is 1.61. The van der Waals surface area contributed by atoms with Crippen LogP contribution in [0.1, 0.15) is 11.1 Å². The molecule has 0 saturated carbocycles. The smallest absolute Gasteiger partial charge is 0.294 e. The first-order chi connectivity index (χ1) is 19.0. The summed E-state index contributed by atoms with van der Waals surface area (Å²) >= 11 is 0.798. The highest BCUT2D eigenvalue weighted by atomic mass is 32.2. The lowest BCUT2D eigenvalue weighted by Crippen LogP contribution is -2.38. The number of para-hydroxylation sites is 2. The summed E-state index contributed by atoms with van der Waals surface area (Å²) in [5.41, 5.74) is 3.03. The van der Waals surface area contributed by atoms with Crippen molar-refractivity contribution in [3.8, 4) is 5.75 Å². The number of hydrogen-bond donors (Lipinski definition) is 1. The number of morpholine rings is 1. The Kier molecular flexibility index (Phi) is 8.24. The molecule has 0 aromatic heterocycles. The van der Waals surface area contributed by atoms with Gasteiger partial charge in [-0.1, -0.05) is 36.4 Å².